The minimum absolute atomic E-state index is 0. The molecule has 2 aliphatic carbocycles. The van der Waals surface area contributed by atoms with Gasteiger partial charge >= 0.3 is 183 Å². The average molecular weight is 536 g/mol. The van der Waals surface area contributed by atoms with E-state index in [-0.39, 0.29) is 24.8 Å². The monoisotopic (exact) mass is 533 g/mol. The van der Waals surface area contributed by atoms with Crippen molar-refractivity contribution in [1.82, 2.24) is 0 Å². The number of fused-ring (bicyclic) bond motifs is 2. The van der Waals surface area contributed by atoms with Gasteiger partial charge in [0.25, 0.3) is 0 Å². The zero-order valence-corrected chi connectivity index (χ0v) is 22.7. The molecule has 2 aromatic carbocycles. The van der Waals surface area contributed by atoms with Gasteiger partial charge in [0.2, 0.25) is 0 Å². The van der Waals surface area contributed by atoms with Gasteiger partial charge in [0, 0.05) is 0 Å². The van der Waals surface area contributed by atoms with E-state index >= 15 is 0 Å². The molecule has 0 saturated carbocycles. The van der Waals surface area contributed by atoms with E-state index < -0.39 is 8.32 Å². The van der Waals surface area contributed by atoms with Gasteiger partial charge in [-0.25, -0.2) is 0 Å². The van der Waals surface area contributed by atoms with E-state index in [1.54, 1.807) is 0 Å². The Morgan fingerprint density at radius 2 is 1.67 bits per heavy atom. The maximum Gasteiger partial charge on any atom is -1.00 e. The number of hydrogen-bond donors (Lipinski definition) is 0. The quantitative estimate of drug-likeness (QED) is 0.336. The summed E-state index contributed by atoms with van der Waals surface area (Å²) in [6, 6.07) is 13.3. The zero-order valence-electron chi connectivity index (χ0n) is 17.7. The van der Waals surface area contributed by atoms with Crippen LogP contribution in [0.5, 0.6) is 0 Å². The Morgan fingerprint density at radius 3 is 2.33 bits per heavy atom. The molecule has 2 aromatic rings. The molecule has 0 aliphatic heterocycles. The number of ether oxygens (including phenoxy) is 1. The molecule has 0 N–H and O–H groups in total. The largest absolute Gasteiger partial charge is 1.00 e. The van der Waals surface area contributed by atoms with Crippen LogP contribution in [0.1, 0.15) is 24.5 Å². The van der Waals surface area contributed by atoms with Gasteiger partial charge in [-0.15, -0.1) is 0 Å². The molecule has 0 fully saturated rings. The van der Waals surface area contributed by atoms with Crippen LogP contribution >= 0.6 is 0 Å². The SMILES string of the molecule is CC=c1ccc2c(c1C1=CC(OCO[Si](C)(C)C)=CC1)[C]([Zr+2])=c1ccccc1=2.[Cl-].[Cl-]. The summed E-state index contributed by atoms with van der Waals surface area (Å²) >= 11 is 1.46. The summed E-state index contributed by atoms with van der Waals surface area (Å²) in [5.41, 5.74) is 4.11. The van der Waals surface area contributed by atoms with Crippen LogP contribution in [0.3, 0.4) is 0 Å². The van der Waals surface area contributed by atoms with Gasteiger partial charge in [-0.1, -0.05) is 0 Å². The third-order valence-corrected chi connectivity index (χ3v) is 7.42. The summed E-state index contributed by atoms with van der Waals surface area (Å²) in [7, 11) is -1.56. The van der Waals surface area contributed by atoms with Crippen molar-refractivity contribution < 1.29 is 58.7 Å². The van der Waals surface area contributed by atoms with Crippen LogP contribution in [-0.4, -0.2) is 15.1 Å². The Bertz CT molecular complexity index is 1230. The van der Waals surface area contributed by atoms with Crippen LogP contribution in [0.15, 0.2) is 54.3 Å². The summed E-state index contributed by atoms with van der Waals surface area (Å²) in [4.78, 5) is 0. The van der Waals surface area contributed by atoms with E-state index in [4.69, 9.17) is 9.16 Å². The van der Waals surface area contributed by atoms with Gasteiger partial charge in [-0.05, 0) is 0 Å². The fraction of sp³-hybridized carbons (Fsp3) is 0.250. The Kier molecular flexibility index (Phi) is 8.58. The molecule has 6 heteroatoms. The Labute approximate surface area is 206 Å². The minimum Gasteiger partial charge on any atom is -1.00 e. The van der Waals surface area contributed by atoms with E-state index in [1.165, 1.54) is 65.6 Å². The summed E-state index contributed by atoms with van der Waals surface area (Å²) in [6.07, 6.45) is 7.49. The second-order valence-electron chi connectivity index (χ2n) is 8.16. The second-order valence-corrected chi connectivity index (χ2v) is 13.9. The third kappa shape index (κ3) is 4.95. The molecular formula is C24H25Cl2O2SiZr. The van der Waals surface area contributed by atoms with E-state index in [9.17, 15) is 0 Å². The van der Waals surface area contributed by atoms with Crippen molar-refractivity contribution in [3.63, 3.8) is 0 Å². The van der Waals surface area contributed by atoms with E-state index in [2.05, 4.69) is 81.2 Å². The van der Waals surface area contributed by atoms with Gasteiger partial charge in [0.1, 0.15) is 0 Å². The van der Waals surface area contributed by atoms with Crippen molar-refractivity contribution in [3.05, 3.63) is 86.3 Å². The van der Waals surface area contributed by atoms with Crippen molar-refractivity contribution in [2.45, 2.75) is 33.0 Å². The average Bonchev–Trinajstić information content (AvgIpc) is 3.24. The van der Waals surface area contributed by atoms with Crippen molar-refractivity contribution in [2.75, 3.05) is 6.79 Å². The molecule has 4 rings (SSSR count). The first-order valence-corrected chi connectivity index (χ1v) is 14.4. The molecule has 0 bridgehead atoms. The molecule has 0 unspecified atom stereocenters. The number of benzene rings is 2. The van der Waals surface area contributed by atoms with Gasteiger partial charge in [-0.3, -0.25) is 0 Å². The van der Waals surface area contributed by atoms with Crippen LogP contribution in [0.2, 0.25) is 19.6 Å². The first kappa shape index (κ1) is 25.4. The number of halogens is 2. The van der Waals surface area contributed by atoms with E-state index in [0.717, 1.165) is 12.2 Å². The summed E-state index contributed by atoms with van der Waals surface area (Å²) < 4.78 is 13.2. The van der Waals surface area contributed by atoms with Crippen LogP contribution < -0.4 is 35.3 Å². The molecule has 2 nitrogen and oxygen atoms in total. The number of rotatable bonds is 5. The van der Waals surface area contributed by atoms with Crippen LogP contribution in [0, 0.1) is 10.4 Å². The van der Waals surface area contributed by atoms with Crippen molar-refractivity contribution in [3.8, 4) is 0 Å². The standard InChI is InChI=1S/C24H25O2Si.2ClH.Zr/c1-5-17-11-13-22-21-9-7-6-8-18(21)15-23(22)24(17)19-10-12-20(14-19)25-16-26-27(2,3)4;;;/h5-9,11-14H,10,16H2,1-4H3;2*1H;/q;;;+2/p-2. The molecule has 0 amide bonds. The molecule has 0 atom stereocenters. The molecule has 30 heavy (non-hydrogen) atoms. The molecule has 0 aromatic heterocycles. The minimum atomic E-state index is -1.56. The fourth-order valence-corrected chi connectivity index (χ4v) is 5.40. The fourth-order valence-electron chi connectivity index (χ4n) is 3.81. The maximum atomic E-state index is 5.90. The normalized spacial score (nSPS) is 15.0. The smallest absolute Gasteiger partial charge is 1.00 e. The molecule has 155 valence electrons. The van der Waals surface area contributed by atoms with Crippen LogP contribution in [0.4, 0.5) is 0 Å². The summed E-state index contributed by atoms with van der Waals surface area (Å²) in [5.74, 6) is 0.925. The van der Waals surface area contributed by atoms with Crippen molar-refractivity contribution in [2.24, 2.45) is 0 Å². The topological polar surface area (TPSA) is 18.5 Å². The summed E-state index contributed by atoms with van der Waals surface area (Å²) in [5, 5.41) is 5.41. The zero-order chi connectivity index (χ0) is 19.9. The molecule has 0 saturated heterocycles. The Balaban J connectivity index is 0.00000160. The molecule has 0 radical (unpaired) electrons. The van der Waals surface area contributed by atoms with Gasteiger partial charge in [-0.2, -0.15) is 0 Å². The van der Waals surface area contributed by atoms with Crippen LogP contribution in [0.25, 0.3) is 14.9 Å². The number of allylic oxidation sites excluding steroid dienone is 3. The number of hydrogen-bond acceptors (Lipinski definition) is 2. The van der Waals surface area contributed by atoms with Gasteiger partial charge in [0.05, 0.1) is 0 Å². The predicted molar refractivity (Wildman–Crippen MR) is 114 cm³/mol. The van der Waals surface area contributed by atoms with Crippen molar-refractivity contribution >= 4 is 23.2 Å². The predicted octanol–water partition coefficient (Wildman–Crippen LogP) is -1.70. The van der Waals surface area contributed by atoms with Crippen LogP contribution in [-0.2, 0) is 33.9 Å². The Morgan fingerprint density at radius 1 is 0.967 bits per heavy atom. The van der Waals surface area contributed by atoms with E-state index in [0.29, 0.717) is 6.79 Å². The van der Waals surface area contributed by atoms with Gasteiger partial charge < -0.3 is 24.8 Å². The maximum absolute atomic E-state index is 5.90. The molecular weight excluding hydrogens is 510 g/mol. The first-order valence-electron chi connectivity index (χ1n) is 9.72. The van der Waals surface area contributed by atoms with Crippen molar-refractivity contribution in [1.29, 1.82) is 0 Å². The Hall–Kier alpha value is -0.900. The van der Waals surface area contributed by atoms with Gasteiger partial charge in [0.15, 0.2) is 0 Å². The van der Waals surface area contributed by atoms with E-state index in [1.807, 2.05) is 0 Å². The molecule has 0 heterocycles. The molecule has 2 aliphatic rings. The first-order chi connectivity index (χ1) is 13.4. The summed E-state index contributed by atoms with van der Waals surface area (Å²) in [6.45, 7) is 8.99. The third-order valence-electron chi connectivity index (χ3n) is 5.16. The molecule has 0 spiro atoms. The second kappa shape index (κ2) is 10.1.